The third-order valence-corrected chi connectivity index (χ3v) is 11.4. The zero-order chi connectivity index (χ0) is 38.4. The highest BCUT2D eigenvalue weighted by atomic mass is 15.1. The molecule has 3 nitrogen and oxygen atoms in total. The van der Waals surface area contributed by atoms with Crippen molar-refractivity contribution in [2.45, 2.75) is 0 Å². The first-order valence-corrected chi connectivity index (χ1v) is 19.8. The minimum Gasteiger partial charge on any atom is -0.310 e. The fourth-order valence-corrected chi connectivity index (χ4v) is 8.68. The molecular formula is C55H37N3. The minimum atomic E-state index is 0.966. The highest BCUT2D eigenvalue weighted by Gasteiger charge is 2.20. The summed E-state index contributed by atoms with van der Waals surface area (Å²) >= 11 is 0. The normalized spacial score (nSPS) is 11.4. The monoisotopic (exact) mass is 739 g/mol. The number of pyridine rings is 1. The van der Waals surface area contributed by atoms with Crippen molar-refractivity contribution >= 4 is 60.5 Å². The van der Waals surface area contributed by atoms with Crippen LogP contribution in [0.4, 0.5) is 17.1 Å². The van der Waals surface area contributed by atoms with Crippen molar-refractivity contribution in [3.63, 3.8) is 0 Å². The number of rotatable bonds is 7. The molecular weight excluding hydrogens is 703 g/mol. The van der Waals surface area contributed by atoms with Crippen LogP contribution in [0.1, 0.15) is 0 Å². The number of benzene rings is 9. The summed E-state index contributed by atoms with van der Waals surface area (Å²) in [6.07, 6.45) is 0. The summed E-state index contributed by atoms with van der Waals surface area (Å²) in [5.41, 5.74) is 14.5. The van der Waals surface area contributed by atoms with Crippen molar-refractivity contribution in [2.75, 3.05) is 4.90 Å². The molecule has 0 radical (unpaired) electrons. The van der Waals surface area contributed by atoms with E-state index in [-0.39, 0.29) is 0 Å². The number of hydrogen-bond acceptors (Lipinski definition) is 2. The van der Waals surface area contributed by atoms with E-state index in [2.05, 4.69) is 234 Å². The van der Waals surface area contributed by atoms with Crippen LogP contribution < -0.4 is 4.90 Å². The molecule has 2 heterocycles. The summed E-state index contributed by atoms with van der Waals surface area (Å²) in [6.45, 7) is 0. The van der Waals surface area contributed by atoms with Crippen LogP contribution in [0.3, 0.4) is 0 Å². The number of nitrogens with zero attached hydrogens (tertiary/aromatic N) is 3. The van der Waals surface area contributed by atoms with Crippen LogP contribution in [-0.4, -0.2) is 9.55 Å². The SMILES string of the molecule is c1ccc(-c2ccc(N(c3ccc(-c4ccccc4)cc3)c3cccc(-c4nc5ccccc5c5c4ccc4c5c5ccccc5n4-c4ccccc4)c3)cc2)cc1. The van der Waals surface area contributed by atoms with Crippen LogP contribution in [-0.2, 0) is 0 Å². The molecule has 0 unspecified atom stereocenters. The molecule has 272 valence electrons. The van der Waals surface area contributed by atoms with Gasteiger partial charge >= 0.3 is 0 Å². The molecule has 0 fully saturated rings. The number of anilines is 3. The summed E-state index contributed by atoms with van der Waals surface area (Å²) < 4.78 is 2.39. The summed E-state index contributed by atoms with van der Waals surface area (Å²) in [4.78, 5) is 7.79. The summed E-state index contributed by atoms with van der Waals surface area (Å²) in [7, 11) is 0. The highest BCUT2D eigenvalue weighted by Crippen LogP contribution is 2.44. The molecule has 0 saturated carbocycles. The first-order valence-electron chi connectivity index (χ1n) is 19.8. The second-order valence-corrected chi connectivity index (χ2v) is 14.8. The van der Waals surface area contributed by atoms with Gasteiger partial charge in [-0.25, -0.2) is 4.98 Å². The average Bonchev–Trinajstić information content (AvgIpc) is 3.65. The van der Waals surface area contributed by atoms with Gasteiger partial charge in [0.2, 0.25) is 0 Å². The van der Waals surface area contributed by atoms with Gasteiger partial charge in [0.05, 0.1) is 22.2 Å². The van der Waals surface area contributed by atoms with Crippen molar-refractivity contribution in [3.05, 3.63) is 224 Å². The number of hydrogen-bond donors (Lipinski definition) is 0. The van der Waals surface area contributed by atoms with Gasteiger partial charge in [0.15, 0.2) is 0 Å². The fraction of sp³-hybridized carbons (Fsp3) is 0. The molecule has 9 aromatic carbocycles. The highest BCUT2D eigenvalue weighted by molar-refractivity contribution is 6.29. The molecule has 2 aromatic heterocycles. The van der Waals surface area contributed by atoms with E-state index in [1.165, 1.54) is 49.4 Å². The molecule has 0 aliphatic rings. The van der Waals surface area contributed by atoms with Crippen LogP contribution in [0, 0.1) is 0 Å². The third-order valence-electron chi connectivity index (χ3n) is 11.4. The topological polar surface area (TPSA) is 21.1 Å². The fourth-order valence-electron chi connectivity index (χ4n) is 8.68. The van der Waals surface area contributed by atoms with E-state index in [0.717, 1.165) is 50.3 Å². The molecule has 0 aliphatic carbocycles. The molecule has 0 atom stereocenters. The molecule has 3 heteroatoms. The van der Waals surface area contributed by atoms with E-state index < -0.39 is 0 Å². The predicted octanol–water partition coefficient (Wildman–Crippen LogP) is 15.0. The Morgan fingerprint density at radius 2 is 0.862 bits per heavy atom. The number of fused-ring (bicyclic) bond motifs is 7. The lowest BCUT2D eigenvalue weighted by Crippen LogP contribution is -2.10. The third kappa shape index (κ3) is 5.72. The van der Waals surface area contributed by atoms with Crippen molar-refractivity contribution in [3.8, 4) is 39.2 Å². The maximum atomic E-state index is 5.44. The van der Waals surface area contributed by atoms with Crippen LogP contribution in [0.5, 0.6) is 0 Å². The summed E-state index contributed by atoms with van der Waals surface area (Å²) in [5, 5.41) is 5.97. The Kier molecular flexibility index (Phi) is 8.15. The first-order chi connectivity index (χ1) is 28.8. The van der Waals surface area contributed by atoms with Crippen molar-refractivity contribution in [1.82, 2.24) is 9.55 Å². The smallest absolute Gasteiger partial charge is 0.0789 e. The lowest BCUT2D eigenvalue weighted by Gasteiger charge is -2.26. The van der Waals surface area contributed by atoms with E-state index in [1.807, 2.05) is 0 Å². The maximum Gasteiger partial charge on any atom is 0.0789 e. The second-order valence-electron chi connectivity index (χ2n) is 14.8. The molecule has 0 aliphatic heterocycles. The van der Waals surface area contributed by atoms with E-state index in [0.29, 0.717) is 0 Å². The molecule has 11 aromatic rings. The Morgan fingerprint density at radius 1 is 0.328 bits per heavy atom. The first kappa shape index (κ1) is 33.6. The van der Waals surface area contributed by atoms with Crippen molar-refractivity contribution in [2.24, 2.45) is 0 Å². The average molecular weight is 740 g/mol. The van der Waals surface area contributed by atoms with Crippen LogP contribution in [0.25, 0.3) is 82.7 Å². The van der Waals surface area contributed by atoms with Crippen LogP contribution in [0.15, 0.2) is 224 Å². The van der Waals surface area contributed by atoms with Gasteiger partial charge in [0, 0.05) is 55.2 Å². The number of aromatic nitrogens is 2. The maximum absolute atomic E-state index is 5.44. The number of para-hydroxylation sites is 3. The van der Waals surface area contributed by atoms with E-state index in [1.54, 1.807) is 0 Å². The second kappa shape index (κ2) is 14.1. The largest absolute Gasteiger partial charge is 0.310 e. The zero-order valence-electron chi connectivity index (χ0n) is 31.7. The zero-order valence-corrected chi connectivity index (χ0v) is 31.7. The van der Waals surface area contributed by atoms with Gasteiger partial charge < -0.3 is 9.47 Å². The van der Waals surface area contributed by atoms with Crippen molar-refractivity contribution in [1.29, 1.82) is 0 Å². The summed E-state index contributed by atoms with van der Waals surface area (Å²) in [5.74, 6) is 0. The Balaban J connectivity index is 1.11. The molecule has 0 saturated heterocycles. The Bertz CT molecular complexity index is 3160. The van der Waals surface area contributed by atoms with E-state index in [9.17, 15) is 0 Å². The molecule has 58 heavy (non-hydrogen) atoms. The molecule has 0 spiro atoms. The molecule has 0 amide bonds. The van der Waals surface area contributed by atoms with Gasteiger partial charge in [-0.15, -0.1) is 0 Å². The standard InChI is InChI=1S/C55H37N3/c1-4-15-38(16-5-1)40-27-31-44(32-28-40)57(45-33-29-41(30-34-45)39-17-6-2-7-18-39)46-22-14-19-42(37-46)55-49-35-36-52-54(53(49)47-23-10-12-25-50(47)56-55)48-24-11-13-26-51(48)58(52)43-20-8-3-9-21-43/h1-37H. The van der Waals surface area contributed by atoms with Gasteiger partial charge in [0.1, 0.15) is 0 Å². The van der Waals surface area contributed by atoms with Gasteiger partial charge in [0.25, 0.3) is 0 Å². The Hall–Kier alpha value is -7.75. The van der Waals surface area contributed by atoms with Gasteiger partial charge in [-0.3, -0.25) is 0 Å². The van der Waals surface area contributed by atoms with E-state index >= 15 is 0 Å². The molecule has 0 N–H and O–H groups in total. The van der Waals surface area contributed by atoms with Gasteiger partial charge in [-0.2, -0.15) is 0 Å². The van der Waals surface area contributed by atoms with E-state index in [4.69, 9.17) is 4.98 Å². The summed E-state index contributed by atoms with van der Waals surface area (Å²) in [6, 6.07) is 80.3. The van der Waals surface area contributed by atoms with Crippen LogP contribution in [0.2, 0.25) is 0 Å². The molecule has 11 rings (SSSR count). The lowest BCUT2D eigenvalue weighted by molar-refractivity contribution is 1.18. The van der Waals surface area contributed by atoms with Gasteiger partial charge in [-0.1, -0.05) is 158 Å². The minimum absolute atomic E-state index is 0.966. The van der Waals surface area contributed by atoms with Gasteiger partial charge in [-0.05, 0) is 89.0 Å². The lowest BCUT2D eigenvalue weighted by atomic mass is 9.96. The van der Waals surface area contributed by atoms with Crippen molar-refractivity contribution < 1.29 is 0 Å². The van der Waals surface area contributed by atoms with Crippen LogP contribution >= 0.6 is 0 Å². The Labute approximate surface area is 337 Å². The molecule has 0 bridgehead atoms. The Morgan fingerprint density at radius 3 is 1.52 bits per heavy atom. The quantitative estimate of drug-likeness (QED) is 0.152. The predicted molar refractivity (Wildman–Crippen MR) is 245 cm³/mol.